The molecule has 1 fully saturated rings. The van der Waals surface area contributed by atoms with Gasteiger partial charge in [0.1, 0.15) is 12.2 Å². The molecule has 1 saturated heterocycles. The number of aliphatic imine (C=N–C) groups is 1. The summed E-state index contributed by atoms with van der Waals surface area (Å²) in [6.45, 7) is 10.1. The largest absolute Gasteiger partial charge is 0.356 e. The predicted molar refractivity (Wildman–Crippen MR) is 116 cm³/mol. The third-order valence-electron chi connectivity index (χ3n) is 5.27. The Hall–Kier alpha value is -1.93. The maximum Gasteiger partial charge on any atom is 0.191 e. The van der Waals surface area contributed by atoms with E-state index in [9.17, 15) is 0 Å². The normalized spacial score (nSPS) is 17.9. The molecule has 8 heteroatoms. The van der Waals surface area contributed by atoms with Crippen molar-refractivity contribution < 1.29 is 0 Å². The van der Waals surface area contributed by atoms with Gasteiger partial charge in [-0.2, -0.15) is 0 Å². The average Bonchev–Trinajstić information content (AvgIpc) is 3.46. The standard InChI is InChI=1S/C20H33N7S/c1-3-19-25-24-16-27(19)13-11-22-20(21-10-9-18-8-6-14-28-18)23-15-17-7-5-12-26(17)4-2/h6,8,14,16-17H,3-5,7,9-13,15H2,1-2H3,(H2,21,22,23). The van der Waals surface area contributed by atoms with Gasteiger partial charge in [0, 0.05) is 37.0 Å². The van der Waals surface area contributed by atoms with Gasteiger partial charge in [0.15, 0.2) is 5.96 Å². The first-order valence-corrected chi connectivity index (χ1v) is 11.3. The molecule has 2 aromatic rings. The lowest BCUT2D eigenvalue weighted by Gasteiger charge is -2.21. The van der Waals surface area contributed by atoms with Crippen LogP contribution in [0, 0.1) is 0 Å². The first-order chi connectivity index (χ1) is 13.8. The van der Waals surface area contributed by atoms with Gasteiger partial charge < -0.3 is 15.2 Å². The highest BCUT2D eigenvalue weighted by Gasteiger charge is 2.22. The Bertz CT molecular complexity index is 710. The van der Waals surface area contributed by atoms with E-state index >= 15 is 0 Å². The molecule has 28 heavy (non-hydrogen) atoms. The van der Waals surface area contributed by atoms with Gasteiger partial charge in [0.25, 0.3) is 0 Å². The molecule has 0 saturated carbocycles. The summed E-state index contributed by atoms with van der Waals surface area (Å²) in [6, 6.07) is 4.87. The fourth-order valence-electron chi connectivity index (χ4n) is 3.68. The minimum atomic E-state index is 0.574. The molecule has 3 heterocycles. The number of hydrogen-bond donors (Lipinski definition) is 2. The molecule has 2 N–H and O–H groups in total. The van der Waals surface area contributed by atoms with Crippen LogP contribution in [0.3, 0.4) is 0 Å². The van der Waals surface area contributed by atoms with Crippen LogP contribution >= 0.6 is 11.3 Å². The van der Waals surface area contributed by atoms with E-state index < -0.39 is 0 Å². The van der Waals surface area contributed by atoms with Crippen LogP contribution in [0.5, 0.6) is 0 Å². The van der Waals surface area contributed by atoms with Gasteiger partial charge in [-0.3, -0.25) is 9.89 Å². The van der Waals surface area contributed by atoms with Crippen molar-refractivity contribution in [2.45, 2.75) is 52.1 Å². The smallest absolute Gasteiger partial charge is 0.191 e. The van der Waals surface area contributed by atoms with E-state index in [4.69, 9.17) is 4.99 Å². The molecule has 0 aliphatic carbocycles. The summed E-state index contributed by atoms with van der Waals surface area (Å²) in [5.41, 5.74) is 0. The van der Waals surface area contributed by atoms with Crippen LogP contribution in [0.2, 0.25) is 0 Å². The maximum absolute atomic E-state index is 4.90. The summed E-state index contributed by atoms with van der Waals surface area (Å²) >= 11 is 1.81. The minimum absolute atomic E-state index is 0.574. The van der Waals surface area contributed by atoms with E-state index in [2.05, 4.69) is 61.7 Å². The Morgan fingerprint density at radius 3 is 3.00 bits per heavy atom. The molecule has 3 rings (SSSR count). The van der Waals surface area contributed by atoms with Gasteiger partial charge in [0.2, 0.25) is 0 Å². The summed E-state index contributed by atoms with van der Waals surface area (Å²) < 4.78 is 2.10. The van der Waals surface area contributed by atoms with Crippen molar-refractivity contribution in [1.82, 2.24) is 30.3 Å². The predicted octanol–water partition coefficient (Wildman–Crippen LogP) is 2.16. The molecule has 1 aliphatic rings. The third-order valence-corrected chi connectivity index (χ3v) is 6.20. The molecule has 0 amide bonds. The highest BCUT2D eigenvalue weighted by Crippen LogP contribution is 2.16. The third kappa shape index (κ3) is 6.04. The highest BCUT2D eigenvalue weighted by atomic mass is 32.1. The van der Waals surface area contributed by atoms with Gasteiger partial charge in [0.05, 0.1) is 6.54 Å². The number of hydrogen-bond acceptors (Lipinski definition) is 5. The zero-order valence-electron chi connectivity index (χ0n) is 17.1. The van der Waals surface area contributed by atoms with E-state index in [1.807, 2.05) is 11.3 Å². The van der Waals surface area contributed by atoms with Gasteiger partial charge in [-0.25, -0.2) is 0 Å². The van der Waals surface area contributed by atoms with Crippen molar-refractivity contribution in [1.29, 1.82) is 0 Å². The Morgan fingerprint density at radius 1 is 1.32 bits per heavy atom. The molecule has 2 aromatic heterocycles. The molecule has 1 aliphatic heterocycles. The number of likely N-dealkylation sites (N-methyl/N-ethyl adjacent to an activating group) is 1. The van der Waals surface area contributed by atoms with E-state index in [-0.39, 0.29) is 0 Å². The fraction of sp³-hybridized carbons (Fsp3) is 0.650. The minimum Gasteiger partial charge on any atom is -0.356 e. The Morgan fingerprint density at radius 2 is 2.21 bits per heavy atom. The Labute approximate surface area is 172 Å². The highest BCUT2D eigenvalue weighted by molar-refractivity contribution is 7.09. The number of rotatable bonds is 10. The number of nitrogens with zero attached hydrogens (tertiary/aromatic N) is 5. The molecule has 154 valence electrons. The summed E-state index contributed by atoms with van der Waals surface area (Å²) in [5.74, 6) is 1.93. The van der Waals surface area contributed by atoms with Crippen molar-refractivity contribution in [2.24, 2.45) is 4.99 Å². The first kappa shape index (κ1) is 20.8. The lowest BCUT2D eigenvalue weighted by Crippen LogP contribution is -2.41. The number of aryl methyl sites for hydroxylation is 1. The van der Waals surface area contributed by atoms with Crippen LogP contribution in [0.1, 0.15) is 37.4 Å². The zero-order chi connectivity index (χ0) is 19.6. The van der Waals surface area contributed by atoms with Crippen LogP contribution < -0.4 is 10.6 Å². The Balaban J connectivity index is 1.52. The number of guanidine groups is 1. The summed E-state index contributed by atoms with van der Waals surface area (Å²) in [4.78, 5) is 8.84. The van der Waals surface area contributed by atoms with E-state index in [0.717, 1.165) is 57.3 Å². The van der Waals surface area contributed by atoms with Gasteiger partial charge in [-0.1, -0.05) is 19.9 Å². The van der Waals surface area contributed by atoms with Crippen molar-refractivity contribution in [3.05, 3.63) is 34.5 Å². The zero-order valence-corrected chi connectivity index (χ0v) is 17.9. The molecule has 1 atom stereocenters. The SMILES string of the molecule is CCc1nncn1CCNC(=NCC1CCCN1CC)NCCc1cccs1. The van der Waals surface area contributed by atoms with Crippen LogP contribution in [0.15, 0.2) is 28.8 Å². The molecule has 7 nitrogen and oxygen atoms in total. The van der Waals surface area contributed by atoms with Crippen molar-refractivity contribution in [3.63, 3.8) is 0 Å². The van der Waals surface area contributed by atoms with Gasteiger partial charge >= 0.3 is 0 Å². The van der Waals surface area contributed by atoms with Crippen LogP contribution in [-0.4, -0.2) is 64.4 Å². The molecule has 0 spiro atoms. The average molecular weight is 404 g/mol. The van der Waals surface area contributed by atoms with Crippen LogP contribution in [-0.2, 0) is 19.4 Å². The van der Waals surface area contributed by atoms with Crippen molar-refractivity contribution in [3.8, 4) is 0 Å². The molecule has 0 radical (unpaired) electrons. The Kier molecular flexibility index (Phi) is 8.29. The van der Waals surface area contributed by atoms with Gasteiger partial charge in [-0.15, -0.1) is 21.5 Å². The van der Waals surface area contributed by atoms with Crippen LogP contribution in [0.25, 0.3) is 0 Å². The van der Waals surface area contributed by atoms with E-state index in [1.54, 1.807) is 6.33 Å². The van der Waals surface area contributed by atoms with Crippen molar-refractivity contribution in [2.75, 3.05) is 32.7 Å². The molecule has 0 aromatic carbocycles. The second-order valence-corrected chi connectivity index (χ2v) is 8.12. The quantitative estimate of drug-likeness (QED) is 0.470. The van der Waals surface area contributed by atoms with Crippen LogP contribution in [0.4, 0.5) is 0 Å². The number of aromatic nitrogens is 3. The molecular formula is C20H33N7S. The van der Waals surface area contributed by atoms with E-state index in [1.165, 1.54) is 24.3 Å². The molecular weight excluding hydrogens is 370 g/mol. The number of thiophene rings is 1. The lowest BCUT2D eigenvalue weighted by molar-refractivity contribution is 0.273. The molecule has 1 unspecified atom stereocenters. The lowest BCUT2D eigenvalue weighted by atomic mass is 10.2. The summed E-state index contributed by atoms with van der Waals surface area (Å²) in [5, 5.41) is 17.3. The monoisotopic (exact) mass is 403 g/mol. The second kappa shape index (κ2) is 11.2. The van der Waals surface area contributed by atoms with E-state index in [0.29, 0.717) is 6.04 Å². The first-order valence-electron chi connectivity index (χ1n) is 10.5. The fourth-order valence-corrected chi connectivity index (χ4v) is 4.39. The number of nitrogens with one attached hydrogen (secondary N) is 2. The summed E-state index contributed by atoms with van der Waals surface area (Å²) in [7, 11) is 0. The summed E-state index contributed by atoms with van der Waals surface area (Å²) in [6.07, 6.45) is 6.26. The number of likely N-dealkylation sites (tertiary alicyclic amines) is 1. The topological polar surface area (TPSA) is 70.4 Å². The molecule has 0 bridgehead atoms. The second-order valence-electron chi connectivity index (χ2n) is 7.09. The van der Waals surface area contributed by atoms with Gasteiger partial charge in [-0.05, 0) is 43.8 Å². The van der Waals surface area contributed by atoms with Crippen molar-refractivity contribution >= 4 is 17.3 Å². The maximum atomic E-state index is 4.90.